The molecule has 0 amide bonds. The van der Waals surface area contributed by atoms with Gasteiger partial charge in [-0.25, -0.2) is 10.8 Å². The number of nitrogens with zero attached hydrogens (tertiary/aromatic N) is 3. The lowest BCUT2D eigenvalue weighted by Gasteiger charge is -2.26. The van der Waals surface area contributed by atoms with E-state index in [4.69, 9.17) is 10.6 Å². The number of anilines is 2. The molecule has 120 valence electrons. The molecular formula is C12H20F3N5O. The summed E-state index contributed by atoms with van der Waals surface area (Å²) in [6.07, 6.45) is -4.56. The Kier molecular flexibility index (Phi) is 6.16. The van der Waals surface area contributed by atoms with Gasteiger partial charge in [0.25, 0.3) is 0 Å². The Balaban J connectivity index is 3.16. The summed E-state index contributed by atoms with van der Waals surface area (Å²) >= 11 is 0. The summed E-state index contributed by atoms with van der Waals surface area (Å²) in [5.41, 5.74) is 1.03. The molecule has 0 aliphatic rings. The Morgan fingerprint density at radius 1 is 1.38 bits per heavy atom. The van der Waals surface area contributed by atoms with Gasteiger partial charge in [0.15, 0.2) is 5.69 Å². The molecule has 1 rings (SSSR count). The molecule has 0 spiro atoms. The molecular weight excluding hydrogens is 287 g/mol. The van der Waals surface area contributed by atoms with Crippen molar-refractivity contribution in [1.82, 2.24) is 9.97 Å². The third-order valence-corrected chi connectivity index (χ3v) is 2.61. The van der Waals surface area contributed by atoms with Crippen LogP contribution in [0, 0.1) is 5.92 Å². The van der Waals surface area contributed by atoms with Gasteiger partial charge in [0.05, 0.1) is 6.61 Å². The van der Waals surface area contributed by atoms with E-state index in [9.17, 15) is 13.2 Å². The summed E-state index contributed by atoms with van der Waals surface area (Å²) in [5, 5.41) is 0. The average Bonchev–Trinajstić information content (AvgIpc) is 2.41. The molecule has 3 N–H and O–H groups in total. The maximum Gasteiger partial charge on any atom is 0.433 e. The Labute approximate surface area is 121 Å². The van der Waals surface area contributed by atoms with Gasteiger partial charge >= 0.3 is 6.18 Å². The van der Waals surface area contributed by atoms with Crippen LogP contribution >= 0.6 is 0 Å². The highest BCUT2D eigenvalue weighted by atomic mass is 19.4. The third-order valence-electron chi connectivity index (χ3n) is 2.61. The molecule has 0 saturated carbocycles. The van der Waals surface area contributed by atoms with Crippen molar-refractivity contribution in [1.29, 1.82) is 0 Å². The van der Waals surface area contributed by atoms with Gasteiger partial charge in [-0.05, 0) is 5.92 Å². The van der Waals surface area contributed by atoms with Gasteiger partial charge in [0.2, 0.25) is 5.95 Å². The summed E-state index contributed by atoms with van der Waals surface area (Å²) in [7, 11) is 1.53. The molecule has 1 heterocycles. The summed E-state index contributed by atoms with van der Waals surface area (Å²) < 4.78 is 43.6. The highest BCUT2D eigenvalue weighted by Gasteiger charge is 2.34. The lowest BCUT2D eigenvalue weighted by Crippen LogP contribution is -2.32. The number of ether oxygens (including phenoxy) is 1. The molecule has 0 aliphatic carbocycles. The second-order valence-electron chi connectivity index (χ2n) is 4.91. The molecule has 0 radical (unpaired) electrons. The Bertz CT molecular complexity index is 453. The lowest BCUT2D eigenvalue weighted by atomic mass is 10.2. The Morgan fingerprint density at radius 2 is 2.05 bits per heavy atom. The zero-order chi connectivity index (χ0) is 16.0. The fourth-order valence-corrected chi connectivity index (χ4v) is 1.75. The van der Waals surface area contributed by atoms with Crippen LogP contribution < -0.4 is 16.2 Å². The van der Waals surface area contributed by atoms with Crippen LogP contribution in [0.3, 0.4) is 0 Å². The van der Waals surface area contributed by atoms with Crippen LogP contribution in [0.15, 0.2) is 6.07 Å². The molecule has 0 aromatic carbocycles. The summed E-state index contributed by atoms with van der Waals surface area (Å²) in [6, 6.07) is 0.916. The molecule has 6 nitrogen and oxygen atoms in total. The van der Waals surface area contributed by atoms with Crippen LogP contribution in [0.1, 0.15) is 19.5 Å². The summed E-state index contributed by atoms with van der Waals surface area (Å²) in [4.78, 5) is 9.04. The molecule has 0 atom stereocenters. The summed E-state index contributed by atoms with van der Waals surface area (Å²) in [6.45, 7) is 5.28. The van der Waals surface area contributed by atoms with Crippen LogP contribution in [0.2, 0.25) is 0 Å². The number of hydrogen-bond acceptors (Lipinski definition) is 6. The van der Waals surface area contributed by atoms with Crippen molar-refractivity contribution in [3.63, 3.8) is 0 Å². The van der Waals surface area contributed by atoms with E-state index < -0.39 is 11.9 Å². The highest BCUT2D eigenvalue weighted by molar-refractivity contribution is 5.45. The van der Waals surface area contributed by atoms with Crippen molar-refractivity contribution < 1.29 is 17.9 Å². The molecule has 0 fully saturated rings. The van der Waals surface area contributed by atoms with Gasteiger partial charge in [-0.3, -0.25) is 5.43 Å². The van der Waals surface area contributed by atoms with E-state index in [1.165, 1.54) is 7.11 Å². The van der Waals surface area contributed by atoms with E-state index in [0.717, 1.165) is 6.07 Å². The topological polar surface area (TPSA) is 76.3 Å². The molecule has 0 bridgehead atoms. The number of nitrogens with one attached hydrogen (secondary N) is 1. The van der Waals surface area contributed by atoms with Gasteiger partial charge in [-0.15, -0.1) is 0 Å². The standard InChI is InChI=1S/C12H20F3N5O/c1-8(2)7-20(4-5-21-3)10-6-9(12(13,14)15)17-11(18-10)19-16/h6,8H,4-5,7,16H2,1-3H3,(H,17,18,19). The Hall–Kier alpha value is -1.61. The first kappa shape index (κ1) is 17.4. The van der Waals surface area contributed by atoms with Gasteiger partial charge in [0.1, 0.15) is 5.82 Å². The fourth-order valence-electron chi connectivity index (χ4n) is 1.75. The van der Waals surface area contributed by atoms with E-state index in [0.29, 0.717) is 19.7 Å². The minimum Gasteiger partial charge on any atom is -0.383 e. The average molecular weight is 307 g/mol. The van der Waals surface area contributed by atoms with Crippen molar-refractivity contribution in [3.8, 4) is 0 Å². The largest absolute Gasteiger partial charge is 0.433 e. The fraction of sp³-hybridized carbons (Fsp3) is 0.667. The summed E-state index contributed by atoms with van der Waals surface area (Å²) in [5.74, 6) is 5.29. The predicted molar refractivity (Wildman–Crippen MR) is 73.8 cm³/mol. The minimum atomic E-state index is -4.56. The first-order chi connectivity index (χ1) is 9.77. The van der Waals surface area contributed by atoms with Crippen molar-refractivity contribution >= 4 is 11.8 Å². The van der Waals surface area contributed by atoms with E-state index in [1.54, 1.807) is 4.90 Å². The molecule has 0 aliphatic heterocycles. The highest BCUT2D eigenvalue weighted by Crippen LogP contribution is 2.30. The predicted octanol–water partition coefficient (Wildman–Crippen LogP) is 1.89. The van der Waals surface area contributed by atoms with Crippen molar-refractivity contribution in [2.45, 2.75) is 20.0 Å². The lowest BCUT2D eigenvalue weighted by molar-refractivity contribution is -0.141. The molecule has 9 heteroatoms. The maximum absolute atomic E-state index is 12.9. The second kappa shape index (κ2) is 7.41. The zero-order valence-corrected chi connectivity index (χ0v) is 12.2. The van der Waals surface area contributed by atoms with Crippen molar-refractivity contribution in [3.05, 3.63) is 11.8 Å². The van der Waals surface area contributed by atoms with Crippen LogP contribution in [0.5, 0.6) is 0 Å². The quantitative estimate of drug-likeness (QED) is 0.592. The number of hydrazine groups is 1. The second-order valence-corrected chi connectivity index (χ2v) is 4.91. The van der Waals surface area contributed by atoms with Crippen LogP contribution in [0.4, 0.5) is 24.9 Å². The van der Waals surface area contributed by atoms with Crippen molar-refractivity contribution in [2.75, 3.05) is 37.1 Å². The molecule has 0 saturated heterocycles. The number of methoxy groups -OCH3 is 1. The van der Waals surface area contributed by atoms with E-state index in [1.807, 2.05) is 13.8 Å². The number of hydrogen-bond donors (Lipinski definition) is 2. The third kappa shape index (κ3) is 5.35. The Morgan fingerprint density at radius 3 is 2.52 bits per heavy atom. The SMILES string of the molecule is COCCN(CC(C)C)c1cc(C(F)(F)F)nc(NN)n1. The van der Waals surface area contributed by atoms with Gasteiger partial charge < -0.3 is 9.64 Å². The molecule has 1 aromatic rings. The van der Waals surface area contributed by atoms with Crippen molar-refractivity contribution in [2.24, 2.45) is 11.8 Å². The van der Waals surface area contributed by atoms with Crippen LogP contribution in [0.25, 0.3) is 0 Å². The number of alkyl halides is 3. The first-order valence-electron chi connectivity index (χ1n) is 6.44. The van der Waals surface area contributed by atoms with E-state index in [-0.39, 0.29) is 17.7 Å². The maximum atomic E-state index is 12.9. The zero-order valence-electron chi connectivity index (χ0n) is 12.2. The van der Waals surface area contributed by atoms with Crippen LogP contribution in [-0.2, 0) is 10.9 Å². The van der Waals surface area contributed by atoms with E-state index in [2.05, 4.69) is 15.4 Å². The number of nitrogens with two attached hydrogens (primary N) is 1. The molecule has 21 heavy (non-hydrogen) atoms. The number of aromatic nitrogens is 2. The smallest absolute Gasteiger partial charge is 0.383 e. The minimum absolute atomic E-state index is 0.163. The molecule has 1 aromatic heterocycles. The van der Waals surface area contributed by atoms with Gasteiger partial charge in [0, 0.05) is 26.3 Å². The number of nitrogen functional groups attached to an aromatic ring is 1. The molecule has 0 unspecified atom stereocenters. The first-order valence-corrected chi connectivity index (χ1v) is 6.44. The van der Waals surface area contributed by atoms with E-state index >= 15 is 0 Å². The van der Waals surface area contributed by atoms with Gasteiger partial charge in [-0.1, -0.05) is 13.8 Å². The normalized spacial score (nSPS) is 11.8. The monoisotopic (exact) mass is 307 g/mol. The van der Waals surface area contributed by atoms with Crippen LogP contribution in [-0.4, -0.2) is 36.8 Å². The number of rotatable bonds is 7. The number of halogens is 3. The van der Waals surface area contributed by atoms with Gasteiger partial charge in [-0.2, -0.15) is 18.2 Å².